The summed E-state index contributed by atoms with van der Waals surface area (Å²) in [6, 6.07) is 7.31. The molecule has 0 radical (unpaired) electrons. The molecular formula is C8H12F6N4O3P2. The molecule has 7 nitrogen and oxygen atoms in total. The Hall–Kier alpha value is -1.10. The van der Waals surface area contributed by atoms with Crippen molar-refractivity contribution in [1.82, 2.24) is 19.4 Å². The van der Waals surface area contributed by atoms with Crippen molar-refractivity contribution in [3.05, 3.63) is 24.3 Å². The molecule has 1 unspecified atom stereocenters. The molecule has 134 valence electrons. The number of nitrogens with zero attached hydrogens (tertiary/aromatic N) is 4. The number of hydrogen-bond acceptors (Lipinski definition) is 6. The third kappa shape index (κ3) is 8.94. The van der Waals surface area contributed by atoms with E-state index in [-0.39, 0.29) is 0 Å². The number of hydrogen-bond donors (Lipinski definition) is 3. The standard InChI is InChI=1S/C8H11N4O3P.F6P/c1-11(8(13,14)15)16-12-7-5-3-2-4-6(7)9-10-12;1-7(2,3,4,5)6/h2-5,13-16H,1H3;/q;-1/p+1. The van der Waals surface area contributed by atoms with Gasteiger partial charge in [0, 0.05) is 7.05 Å². The molecule has 0 aliphatic carbocycles. The van der Waals surface area contributed by atoms with Gasteiger partial charge in [-0.05, 0) is 17.3 Å². The van der Waals surface area contributed by atoms with E-state index in [4.69, 9.17) is 15.3 Å². The molecule has 0 aliphatic rings. The fraction of sp³-hybridized carbons (Fsp3) is 0.250. The first-order valence-corrected chi connectivity index (χ1v) is 8.61. The van der Waals surface area contributed by atoms with Crippen molar-refractivity contribution in [3.63, 3.8) is 0 Å². The van der Waals surface area contributed by atoms with Gasteiger partial charge in [-0.2, -0.15) is 0 Å². The Labute approximate surface area is 126 Å². The monoisotopic (exact) mass is 388 g/mol. The van der Waals surface area contributed by atoms with E-state index in [1.165, 1.54) is 11.5 Å². The average Bonchev–Trinajstić information content (AvgIpc) is 2.67. The molecule has 0 aliphatic heterocycles. The maximum absolute atomic E-state index is 10.7. The van der Waals surface area contributed by atoms with E-state index in [2.05, 4.69) is 10.3 Å². The van der Waals surface area contributed by atoms with Crippen molar-refractivity contribution in [2.75, 3.05) is 7.05 Å². The van der Waals surface area contributed by atoms with Crippen molar-refractivity contribution in [2.45, 2.75) is 6.10 Å². The zero-order chi connectivity index (χ0) is 18.2. The van der Waals surface area contributed by atoms with E-state index >= 15 is 0 Å². The second kappa shape index (κ2) is 5.47. The Bertz CT molecular complexity index is 675. The van der Waals surface area contributed by atoms with Gasteiger partial charge in [0.15, 0.2) is 8.88 Å². The van der Waals surface area contributed by atoms with Gasteiger partial charge in [-0.3, -0.25) is 0 Å². The summed E-state index contributed by atoms with van der Waals surface area (Å²) in [4.78, 5) is 0. The molecule has 1 aromatic heterocycles. The van der Waals surface area contributed by atoms with Crippen molar-refractivity contribution in [3.8, 4) is 0 Å². The zero-order valence-corrected chi connectivity index (χ0v) is 13.3. The molecule has 0 amide bonds. The van der Waals surface area contributed by atoms with Crippen molar-refractivity contribution >= 4 is 27.7 Å². The first kappa shape index (κ1) is 19.9. The molecule has 0 saturated heterocycles. The Morgan fingerprint density at radius 3 is 2.04 bits per heavy atom. The minimum atomic E-state index is -10.7. The number of aromatic nitrogens is 3. The van der Waals surface area contributed by atoms with Crippen LogP contribution in [0.15, 0.2) is 24.3 Å². The van der Waals surface area contributed by atoms with Gasteiger partial charge >= 0.3 is 39.1 Å². The summed E-state index contributed by atoms with van der Waals surface area (Å²) in [5.74, 6) is 0. The number of benzene rings is 1. The third-order valence-electron chi connectivity index (χ3n) is 2.13. The van der Waals surface area contributed by atoms with Gasteiger partial charge < -0.3 is 15.3 Å². The number of halogens is 6. The van der Waals surface area contributed by atoms with Crippen LogP contribution >= 0.6 is 16.7 Å². The molecule has 0 fully saturated rings. The Morgan fingerprint density at radius 2 is 1.57 bits per heavy atom. The molecule has 1 aromatic carbocycles. The van der Waals surface area contributed by atoms with Gasteiger partial charge in [0.1, 0.15) is 11.0 Å². The summed E-state index contributed by atoms with van der Waals surface area (Å²) >= 11 is 0. The number of fused-ring (bicyclic) bond motifs is 1. The van der Waals surface area contributed by atoms with E-state index in [0.29, 0.717) is 0 Å². The molecule has 23 heavy (non-hydrogen) atoms. The predicted molar refractivity (Wildman–Crippen MR) is 73.4 cm³/mol. The normalized spacial score (nSPS) is 16.3. The van der Waals surface area contributed by atoms with Crippen LogP contribution in [-0.2, 0) is 0 Å². The molecule has 2 rings (SSSR count). The fourth-order valence-electron chi connectivity index (χ4n) is 1.21. The van der Waals surface area contributed by atoms with Crippen LogP contribution in [0.4, 0.5) is 25.2 Å². The molecule has 0 saturated carbocycles. The quantitative estimate of drug-likeness (QED) is 0.425. The first-order chi connectivity index (χ1) is 9.93. The van der Waals surface area contributed by atoms with Gasteiger partial charge in [-0.15, -0.1) is 9.55 Å². The average molecular weight is 388 g/mol. The van der Waals surface area contributed by atoms with Crippen LogP contribution in [0.3, 0.4) is 0 Å². The van der Waals surface area contributed by atoms with Crippen molar-refractivity contribution in [1.29, 1.82) is 0 Å². The second-order valence-corrected chi connectivity index (χ2v) is 7.72. The van der Waals surface area contributed by atoms with Gasteiger partial charge in [0.05, 0.1) is 0 Å². The summed E-state index contributed by atoms with van der Waals surface area (Å²) < 4.78 is 61.7. The molecule has 0 bridgehead atoms. The van der Waals surface area contributed by atoms with Crippen LogP contribution in [0.1, 0.15) is 0 Å². The Kier molecular flexibility index (Phi) is 4.74. The van der Waals surface area contributed by atoms with Crippen LogP contribution in [0.5, 0.6) is 0 Å². The molecule has 3 N–H and O–H groups in total. The van der Waals surface area contributed by atoms with Gasteiger partial charge in [0.25, 0.3) is 0 Å². The molecule has 2 aromatic rings. The number of aliphatic hydroxyl groups is 3. The van der Waals surface area contributed by atoms with Crippen LogP contribution < -0.4 is 0 Å². The summed E-state index contributed by atoms with van der Waals surface area (Å²) in [7, 11) is -10.1. The second-order valence-electron chi connectivity index (χ2n) is 4.31. The van der Waals surface area contributed by atoms with E-state index in [0.717, 1.165) is 15.7 Å². The molecule has 1 heterocycles. The first-order valence-electron chi connectivity index (χ1n) is 5.55. The summed E-state index contributed by atoms with van der Waals surface area (Å²) in [6.07, 6.45) is -2.83. The SMILES string of the molecule is CN([PH2+]n1nnc2ccccc21)C(O)(O)O.F[P-](F)(F)(F)(F)F. The van der Waals surface area contributed by atoms with E-state index in [9.17, 15) is 25.2 Å². The molecular weight excluding hydrogens is 376 g/mol. The number of rotatable bonds is 3. The third-order valence-corrected chi connectivity index (χ3v) is 3.43. The summed E-state index contributed by atoms with van der Waals surface area (Å²) in [5, 5.41) is 34.7. The fourth-order valence-corrected chi connectivity index (χ4v) is 2.14. The van der Waals surface area contributed by atoms with E-state index in [1.54, 1.807) is 0 Å². The predicted octanol–water partition coefficient (Wildman–Crippen LogP) is 2.42. The van der Waals surface area contributed by atoms with Crippen molar-refractivity contribution < 1.29 is 40.5 Å². The maximum atomic E-state index is 9.87. The number of para-hydroxylation sites is 1. The van der Waals surface area contributed by atoms with Crippen LogP contribution in [0.2, 0.25) is 0 Å². The summed E-state index contributed by atoms with van der Waals surface area (Å²) in [6.45, 7) is 0. The van der Waals surface area contributed by atoms with Crippen LogP contribution in [-0.4, -0.2) is 47.9 Å². The van der Waals surface area contributed by atoms with Crippen LogP contribution in [0.25, 0.3) is 11.0 Å². The van der Waals surface area contributed by atoms with Gasteiger partial charge in [-0.25, -0.2) is 0 Å². The summed E-state index contributed by atoms with van der Waals surface area (Å²) in [5.41, 5.74) is 1.51. The zero-order valence-electron chi connectivity index (χ0n) is 11.2. The molecule has 1 atom stereocenters. The van der Waals surface area contributed by atoms with Crippen molar-refractivity contribution in [2.24, 2.45) is 0 Å². The molecule has 0 spiro atoms. The van der Waals surface area contributed by atoms with E-state index in [1.807, 2.05) is 24.3 Å². The Morgan fingerprint density at radius 1 is 1.09 bits per heavy atom. The Balaban J connectivity index is 0.000000322. The molecule has 15 heteroatoms. The van der Waals surface area contributed by atoms with Gasteiger partial charge in [-0.1, -0.05) is 16.8 Å². The topological polar surface area (TPSA) is 94.6 Å². The van der Waals surface area contributed by atoms with Gasteiger partial charge in [0.2, 0.25) is 0 Å². The minimum absolute atomic E-state index is 0.725. The van der Waals surface area contributed by atoms with E-state index < -0.39 is 22.8 Å². The van der Waals surface area contributed by atoms with Crippen LogP contribution in [0, 0.1) is 0 Å².